The highest BCUT2D eigenvalue weighted by Crippen LogP contribution is 2.28. The zero-order valence-electron chi connectivity index (χ0n) is 9.85. The monoisotopic (exact) mass is 268 g/mol. The fourth-order valence-electron chi connectivity index (χ4n) is 1.65. The Bertz CT molecular complexity index is 570. The molecule has 19 heavy (non-hydrogen) atoms. The van der Waals surface area contributed by atoms with Crippen LogP contribution in [0.25, 0.3) is 11.4 Å². The minimum absolute atomic E-state index is 0.0209. The first kappa shape index (κ1) is 13.5. The van der Waals surface area contributed by atoms with Crippen LogP contribution >= 0.6 is 0 Å². The Kier molecular flexibility index (Phi) is 3.80. The molecule has 0 aliphatic carbocycles. The largest absolute Gasteiger partial charge is 0.433 e. The van der Waals surface area contributed by atoms with Crippen LogP contribution in [0, 0.1) is 0 Å². The summed E-state index contributed by atoms with van der Waals surface area (Å²) in [6.45, 7) is -0.0209. The van der Waals surface area contributed by atoms with Gasteiger partial charge in [0.05, 0.1) is 0 Å². The molecule has 0 fully saturated rings. The number of hydrogen-bond donors (Lipinski definition) is 1. The first-order valence-corrected chi connectivity index (χ1v) is 5.61. The number of rotatable bonds is 3. The molecule has 1 N–H and O–H groups in total. The molecule has 0 spiro atoms. The van der Waals surface area contributed by atoms with Gasteiger partial charge >= 0.3 is 6.18 Å². The smallest absolute Gasteiger partial charge is 0.396 e. The van der Waals surface area contributed by atoms with Crippen LogP contribution in [0.5, 0.6) is 0 Å². The predicted molar refractivity (Wildman–Crippen MR) is 63.3 cm³/mol. The van der Waals surface area contributed by atoms with Gasteiger partial charge in [0.15, 0.2) is 5.82 Å². The van der Waals surface area contributed by atoms with E-state index in [0.717, 1.165) is 17.8 Å². The summed E-state index contributed by atoms with van der Waals surface area (Å²) in [5.41, 5.74) is 0.350. The van der Waals surface area contributed by atoms with Gasteiger partial charge in [-0.05, 0) is 24.1 Å². The fourth-order valence-corrected chi connectivity index (χ4v) is 1.65. The maximum atomic E-state index is 12.6. The van der Waals surface area contributed by atoms with E-state index < -0.39 is 11.9 Å². The number of benzene rings is 1. The summed E-state index contributed by atoms with van der Waals surface area (Å²) in [5.74, 6) is 0.0228. The molecule has 0 saturated carbocycles. The van der Waals surface area contributed by atoms with E-state index >= 15 is 0 Å². The summed E-state index contributed by atoms with van der Waals surface area (Å²) in [6, 6.07) is 7.63. The van der Waals surface area contributed by atoms with Gasteiger partial charge in [-0.3, -0.25) is 0 Å². The first-order chi connectivity index (χ1) is 9.00. The average molecular weight is 268 g/mol. The van der Waals surface area contributed by atoms with Crippen LogP contribution in [0.2, 0.25) is 0 Å². The van der Waals surface area contributed by atoms with Crippen molar-refractivity contribution in [3.63, 3.8) is 0 Å². The lowest BCUT2D eigenvalue weighted by molar-refractivity contribution is -0.141. The second-order valence-corrected chi connectivity index (χ2v) is 3.94. The van der Waals surface area contributed by atoms with E-state index in [1.165, 1.54) is 0 Å². The third-order valence-electron chi connectivity index (χ3n) is 2.53. The molecular weight excluding hydrogens is 257 g/mol. The summed E-state index contributed by atoms with van der Waals surface area (Å²) in [5, 5.41) is 8.85. The Hall–Kier alpha value is -1.95. The maximum absolute atomic E-state index is 12.6. The van der Waals surface area contributed by atoms with Crippen LogP contribution in [-0.2, 0) is 12.6 Å². The summed E-state index contributed by atoms with van der Waals surface area (Å²) >= 11 is 0. The molecular formula is C13H11F3N2O. The van der Waals surface area contributed by atoms with Gasteiger partial charge in [-0.1, -0.05) is 18.2 Å². The molecule has 0 unspecified atom stereocenters. The Morgan fingerprint density at radius 3 is 2.63 bits per heavy atom. The van der Waals surface area contributed by atoms with Gasteiger partial charge in [-0.25, -0.2) is 9.97 Å². The highest BCUT2D eigenvalue weighted by atomic mass is 19.4. The SMILES string of the molecule is OCCc1cccc(-c2nccc(C(F)(F)F)n2)c1. The molecule has 0 radical (unpaired) electrons. The standard InChI is InChI=1S/C13H11F3N2O/c14-13(15,16)11-4-6-17-12(18-11)10-3-1-2-9(8-10)5-7-19/h1-4,6,8,19H,5,7H2. The molecule has 100 valence electrons. The van der Waals surface area contributed by atoms with Crippen molar-refractivity contribution in [3.05, 3.63) is 47.8 Å². The number of hydrogen-bond acceptors (Lipinski definition) is 3. The molecule has 2 rings (SSSR count). The predicted octanol–water partition coefficient (Wildman–Crippen LogP) is 2.70. The van der Waals surface area contributed by atoms with Crippen LogP contribution < -0.4 is 0 Å². The van der Waals surface area contributed by atoms with Crippen LogP contribution in [0.15, 0.2) is 36.5 Å². The second kappa shape index (κ2) is 5.36. The lowest BCUT2D eigenvalue weighted by atomic mass is 10.1. The number of aliphatic hydroxyl groups excluding tert-OH is 1. The van der Waals surface area contributed by atoms with Gasteiger partial charge < -0.3 is 5.11 Å². The van der Waals surface area contributed by atoms with Crippen molar-refractivity contribution in [2.24, 2.45) is 0 Å². The van der Waals surface area contributed by atoms with E-state index in [1.54, 1.807) is 24.3 Å². The van der Waals surface area contributed by atoms with Crippen molar-refractivity contribution in [1.82, 2.24) is 9.97 Å². The van der Waals surface area contributed by atoms with Crippen molar-refractivity contribution in [3.8, 4) is 11.4 Å². The average Bonchev–Trinajstić information content (AvgIpc) is 2.39. The minimum Gasteiger partial charge on any atom is -0.396 e. The number of aromatic nitrogens is 2. The van der Waals surface area contributed by atoms with Gasteiger partial charge in [0.25, 0.3) is 0 Å². The highest BCUT2D eigenvalue weighted by Gasteiger charge is 2.32. The van der Waals surface area contributed by atoms with E-state index in [2.05, 4.69) is 9.97 Å². The molecule has 1 aromatic carbocycles. The normalized spacial score (nSPS) is 11.6. The van der Waals surface area contributed by atoms with E-state index in [-0.39, 0.29) is 12.4 Å². The molecule has 1 heterocycles. The molecule has 1 aromatic heterocycles. The second-order valence-electron chi connectivity index (χ2n) is 3.94. The number of alkyl halides is 3. The van der Waals surface area contributed by atoms with Crippen molar-refractivity contribution in [2.45, 2.75) is 12.6 Å². The number of halogens is 3. The van der Waals surface area contributed by atoms with E-state index in [9.17, 15) is 13.2 Å². The first-order valence-electron chi connectivity index (χ1n) is 5.61. The molecule has 2 aromatic rings. The quantitative estimate of drug-likeness (QED) is 0.931. The highest BCUT2D eigenvalue weighted by molar-refractivity contribution is 5.56. The van der Waals surface area contributed by atoms with Gasteiger partial charge in [0.2, 0.25) is 0 Å². The van der Waals surface area contributed by atoms with Crippen molar-refractivity contribution >= 4 is 0 Å². The van der Waals surface area contributed by atoms with Crippen molar-refractivity contribution in [1.29, 1.82) is 0 Å². The molecule has 6 heteroatoms. The molecule has 0 atom stereocenters. The number of nitrogens with zero attached hydrogens (tertiary/aromatic N) is 2. The van der Waals surface area contributed by atoms with Gasteiger partial charge in [0, 0.05) is 18.4 Å². The zero-order chi connectivity index (χ0) is 13.9. The van der Waals surface area contributed by atoms with Crippen molar-refractivity contribution in [2.75, 3.05) is 6.61 Å². The van der Waals surface area contributed by atoms with E-state index in [4.69, 9.17) is 5.11 Å². The van der Waals surface area contributed by atoms with Crippen LogP contribution in [0.1, 0.15) is 11.3 Å². The topological polar surface area (TPSA) is 46.0 Å². The zero-order valence-corrected chi connectivity index (χ0v) is 9.85. The molecule has 0 bridgehead atoms. The lowest BCUT2D eigenvalue weighted by Crippen LogP contribution is -2.09. The Morgan fingerprint density at radius 1 is 1.16 bits per heavy atom. The van der Waals surface area contributed by atoms with E-state index in [0.29, 0.717) is 12.0 Å². The summed E-state index contributed by atoms with van der Waals surface area (Å²) in [4.78, 5) is 7.37. The Balaban J connectivity index is 2.39. The molecule has 0 saturated heterocycles. The minimum atomic E-state index is -4.49. The van der Waals surface area contributed by atoms with E-state index in [1.807, 2.05) is 0 Å². The Labute approximate surface area is 107 Å². The third kappa shape index (κ3) is 3.29. The molecule has 3 nitrogen and oxygen atoms in total. The van der Waals surface area contributed by atoms with Crippen molar-refractivity contribution < 1.29 is 18.3 Å². The lowest BCUT2D eigenvalue weighted by Gasteiger charge is -2.07. The summed E-state index contributed by atoms with van der Waals surface area (Å²) in [6.07, 6.45) is -2.96. The molecule has 0 aliphatic rings. The van der Waals surface area contributed by atoms with Crippen LogP contribution in [0.4, 0.5) is 13.2 Å². The van der Waals surface area contributed by atoms with Crippen LogP contribution in [0.3, 0.4) is 0 Å². The fraction of sp³-hybridized carbons (Fsp3) is 0.231. The number of aliphatic hydroxyl groups is 1. The third-order valence-corrected chi connectivity index (χ3v) is 2.53. The van der Waals surface area contributed by atoms with Crippen LogP contribution in [-0.4, -0.2) is 21.7 Å². The maximum Gasteiger partial charge on any atom is 0.433 e. The molecule has 0 amide bonds. The summed E-state index contributed by atoms with van der Waals surface area (Å²) < 4.78 is 37.7. The van der Waals surface area contributed by atoms with Gasteiger partial charge in [0.1, 0.15) is 5.69 Å². The Morgan fingerprint density at radius 2 is 1.95 bits per heavy atom. The van der Waals surface area contributed by atoms with Gasteiger partial charge in [-0.2, -0.15) is 13.2 Å². The molecule has 0 aliphatic heterocycles. The summed E-state index contributed by atoms with van der Waals surface area (Å²) in [7, 11) is 0. The van der Waals surface area contributed by atoms with Gasteiger partial charge in [-0.15, -0.1) is 0 Å².